The van der Waals surface area contributed by atoms with Crippen LogP contribution in [-0.4, -0.2) is 5.11 Å². The number of hydrogen-bond donors (Lipinski definition) is 1. The van der Waals surface area contributed by atoms with Gasteiger partial charge < -0.3 is 5.11 Å². The molecule has 0 spiro atoms. The molecule has 1 heteroatoms. The quantitative estimate of drug-likeness (QED) is 0.599. The minimum atomic E-state index is -0.0273. The van der Waals surface area contributed by atoms with Crippen LogP contribution in [0.1, 0.15) is 31.9 Å². The molecule has 0 atom stereocenters. The third-order valence-corrected chi connectivity index (χ3v) is 1.99. The van der Waals surface area contributed by atoms with E-state index in [1.165, 1.54) is 0 Å². The van der Waals surface area contributed by atoms with E-state index in [4.69, 9.17) is 6.42 Å². The van der Waals surface area contributed by atoms with E-state index in [1.807, 2.05) is 12.1 Å². The molecule has 0 aliphatic rings. The largest absolute Gasteiger partial charge is 0.507 e. The van der Waals surface area contributed by atoms with E-state index in [9.17, 15) is 5.11 Å². The molecular weight excluding hydrogens is 160 g/mol. The molecule has 1 nitrogen and oxygen atoms in total. The highest BCUT2D eigenvalue weighted by Crippen LogP contribution is 2.30. The van der Waals surface area contributed by atoms with Gasteiger partial charge in [0.15, 0.2) is 0 Å². The molecule has 0 bridgehead atoms. The molecule has 13 heavy (non-hydrogen) atoms. The maximum Gasteiger partial charge on any atom is 0.131 e. The van der Waals surface area contributed by atoms with Crippen LogP contribution in [0.2, 0.25) is 0 Å². The predicted molar refractivity (Wildman–Crippen MR) is 54.7 cm³/mol. The molecule has 0 radical (unpaired) electrons. The van der Waals surface area contributed by atoms with Crippen LogP contribution in [-0.2, 0) is 5.41 Å². The van der Waals surface area contributed by atoms with Gasteiger partial charge in [0.25, 0.3) is 0 Å². The molecule has 0 saturated carbocycles. The topological polar surface area (TPSA) is 20.2 Å². The van der Waals surface area contributed by atoms with Crippen LogP contribution in [0.15, 0.2) is 18.2 Å². The van der Waals surface area contributed by atoms with E-state index in [0.717, 1.165) is 5.56 Å². The lowest BCUT2D eigenvalue weighted by atomic mass is 9.83. The Balaban J connectivity index is 3.40. The summed E-state index contributed by atoms with van der Waals surface area (Å²) in [6.07, 6.45) is 5.34. The second-order valence-corrected chi connectivity index (χ2v) is 4.09. The summed E-state index contributed by atoms with van der Waals surface area (Å²) in [5.74, 6) is 2.71. The standard InChI is InChI=1S/C12H14O/c1-5-9-10(12(2,3)4)7-6-8-11(9)13/h1,6-8,13H,2-4H3. The number of phenols is 1. The zero-order chi connectivity index (χ0) is 10.1. The molecule has 0 amide bonds. The number of rotatable bonds is 0. The second-order valence-electron chi connectivity index (χ2n) is 4.09. The zero-order valence-electron chi connectivity index (χ0n) is 8.26. The van der Waals surface area contributed by atoms with E-state index in [1.54, 1.807) is 6.07 Å². The molecule has 0 saturated heterocycles. The van der Waals surface area contributed by atoms with Crippen molar-refractivity contribution < 1.29 is 5.11 Å². The monoisotopic (exact) mass is 174 g/mol. The third-order valence-electron chi connectivity index (χ3n) is 1.99. The van der Waals surface area contributed by atoms with Gasteiger partial charge in [-0.25, -0.2) is 0 Å². The lowest BCUT2D eigenvalue weighted by Crippen LogP contribution is -2.13. The number of benzene rings is 1. The highest BCUT2D eigenvalue weighted by Gasteiger charge is 2.18. The smallest absolute Gasteiger partial charge is 0.131 e. The van der Waals surface area contributed by atoms with Crippen molar-refractivity contribution in [2.75, 3.05) is 0 Å². The van der Waals surface area contributed by atoms with Crippen molar-refractivity contribution in [1.29, 1.82) is 0 Å². The normalized spacial score (nSPS) is 10.9. The number of hydrogen-bond acceptors (Lipinski definition) is 1. The molecule has 1 N–H and O–H groups in total. The number of aromatic hydroxyl groups is 1. The average molecular weight is 174 g/mol. The Kier molecular flexibility index (Phi) is 2.34. The average Bonchev–Trinajstić information content (AvgIpc) is 2.02. The fourth-order valence-electron chi connectivity index (χ4n) is 1.32. The van der Waals surface area contributed by atoms with Crippen LogP contribution in [0, 0.1) is 12.3 Å². The summed E-state index contributed by atoms with van der Waals surface area (Å²) < 4.78 is 0. The van der Waals surface area contributed by atoms with Crippen molar-refractivity contribution in [1.82, 2.24) is 0 Å². The lowest BCUT2D eigenvalue weighted by Gasteiger charge is -2.21. The van der Waals surface area contributed by atoms with Gasteiger partial charge in [-0.1, -0.05) is 38.8 Å². The highest BCUT2D eigenvalue weighted by atomic mass is 16.3. The summed E-state index contributed by atoms with van der Waals surface area (Å²) in [4.78, 5) is 0. The second kappa shape index (κ2) is 3.14. The molecule has 0 unspecified atom stereocenters. The Hall–Kier alpha value is -1.42. The van der Waals surface area contributed by atoms with Crippen molar-refractivity contribution in [2.45, 2.75) is 26.2 Å². The van der Waals surface area contributed by atoms with Crippen molar-refractivity contribution in [2.24, 2.45) is 0 Å². The Bertz CT molecular complexity index is 350. The van der Waals surface area contributed by atoms with E-state index < -0.39 is 0 Å². The molecule has 1 rings (SSSR count). The molecule has 1 aromatic rings. The first-order chi connectivity index (χ1) is 5.96. The van der Waals surface area contributed by atoms with Gasteiger partial charge in [0.2, 0.25) is 0 Å². The maximum absolute atomic E-state index is 9.51. The van der Waals surface area contributed by atoms with Crippen LogP contribution in [0.5, 0.6) is 5.75 Å². The fraction of sp³-hybridized carbons (Fsp3) is 0.333. The zero-order valence-corrected chi connectivity index (χ0v) is 8.26. The van der Waals surface area contributed by atoms with Gasteiger partial charge in [-0.15, -0.1) is 6.42 Å². The van der Waals surface area contributed by atoms with Crippen LogP contribution in [0.4, 0.5) is 0 Å². The van der Waals surface area contributed by atoms with Gasteiger partial charge >= 0.3 is 0 Å². The summed E-state index contributed by atoms with van der Waals surface area (Å²) in [6, 6.07) is 5.39. The van der Waals surface area contributed by atoms with Gasteiger partial charge in [-0.3, -0.25) is 0 Å². The molecule has 0 aliphatic heterocycles. The molecule has 0 fully saturated rings. The Labute approximate surface area is 79.4 Å². The Morgan fingerprint density at radius 1 is 1.31 bits per heavy atom. The van der Waals surface area contributed by atoms with Crippen molar-refractivity contribution in [3.8, 4) is 18.1 Å². The van der Waals surface area contributed by atoms with Gasteiger partial charge in [-0.05, 0) is 17.0 Å². The highest BCUT2D eigenvalue weighted by molar-refractivity contribution is 5.52. The summed E-state index contributed by atoms with van der Waals surface area (Å²) in [6.45, 7) is 6.22. The van der Waals surface area contributed by atoms with Crippen LogP contribution < -0.4 is 0 Å². The molecule has 0 aliphatic carbocycles. The van der Waals surface area contributed by atoms with Crippen molar-refractivity contribution in [3.63, 3.8) is 0 Å². The number of terminal acetylenes is 1. The van der Waals surface area contributed by atoms with E-state index in [0.29, 0.717) is 5.56 Å². The van der Waals surface area contributed by atoms with Crippen molar-refractivity contribution >= 4 is 0 Å². The minimum absolute atomic E-state index is 0.0273. The molecule has 1 aromatic carbocycles. The first-order valence-corrected chi connectivity index (χ1v) is 4.26. The predicted octanol–water partition coefficient (Wildman–Crippen LogP) is 2.67. The molecule has 0 heterocycles. The SMILES string of the molecule is C#Cc1c(O)cccc1C(C)(C)C. The van der Waals surface area contributed by atoms with Crippen LogP contribution in [0.25, 0.3) is 0 Å². The van der Waals surface area contributed by atoms with E-state index in [-0.39, 0.29) is 11.2 Å². The van der Waals surface area contributed by atoms with Gasteiger partial charge in [0, 0.05) is 0 Å². The third kappa shape index (κ3) is 1.84. The fourth-order valence-corrected chi connectivity index (χ4v) is 1.32. The van der Waals surface area contributed by atoms with Crippen LogP contribution in [0.3, 0.4) is 0 Å². The first-order valence-electron chi connectivity index (χ1n) is 4.26. The van der Waals surface area contributed by atoms with Crippen molar-refractivity contribution in [3.05, 3.63) is 29.3 Å². The first kappa shape index (κ1) is 9.67. The summed E-state index contributed by atoms with van der Waals surface area (Å²) in [7, 11) is 0. The summed E-state index contributed by atoms with van der Waals surface area (Å²) in [5, 5.41) is 9.51. The maximum atomic E-state index is 9.51. The van der Waals surface area contributed by atoms with E-state index >= 15 is 0 Å². The molecular formula is C12H14O. The number of phenolic OH excluding ortho intramolecular Hbond substituents is 1. The van der Waals surface area contributed by atoms with Gasteiger partial charge in [0.1, 0.15) is 5.75 Å². The van der Waals surface area contributed by atoms with E-state index in [2.05, 4.69) is 26.7 Å². The lowest BCUT2D eigenvalue weighted by molar-refractivity contribution is 0.469. The minimum Gasteiger partial charge on any atom is -0.507 e. The Morgan fingerprint density at radius 3 is 2.31 bits per heavy atom. The Morgan fingerprint density at radius 2 is 1.92 bits per heavy atom. The summed E-state index contributed by atoms with van der Waals surface area (Å²) >= 11 is 0. The van der Waals surface area contributed by atoms with Gasteiger partial charge in [0.05, 0.1) is 5.56 Å². The molecule has 68 valence electrons. The molecule has 0 aromatic heterocycles. The van der Waals surface area contributed by atoms with Gasteiger partial charge in [-0.2, -0.15) is 0 Å². The van der Waals surface area contributed by atoms with Crippen LogP contribution >= 0.6 is 0 Å². The summed E-state index contributed by atoms with van der Waals surface area (Å²) in [5.41, 5.74) is 1.59.